The molecular weight excluding hydrogens is 468 g/mol. The quantitative estimate of drug-likeness (QED) is 0.251. The minimum absolute atomic E-state index is 0.0478. The van der Waals surface area contributed by atoms with E-state index >= 15 is 0 Å². The molecule has 3 rings (SSSR count). The van der Waals surface area contributed by atoms with E-state index in [0.29, 0.717) is 12.8 Å². The molecule has 0 radical (unpaired) electrons. The fourth-order valence-electron chi connectivity index (χ4n) is 3.97. The summed E-state index contributed by atoms with van der Waals surface area (Å²) < 4.78 is 10.4. The van der Waals surface area contributed by atoms with Crippen molar-refractivity contribution < 1.29 is 38.9 Å². The molecule has 1 aliphatic carbocycles. The van der Waals surface area contributed by atoms with Crippen molar-refractivity contribution >= 4 is 23.8 Å². The fourth-order valence-corrected chi connectivity index (χ4v) is 3.97. The molecule has 10 heteroatoms. The van der Waals surface area contributed by atoms with E-state index in [9.17, 15) is 29.4 Å². The number of esters is 2. The number of carbonyl (C=O) groups excluding carboxylic acids is 4. The van der Waals surface area contributed by atoms with Crippen LogP contribution in [0.25, 0.3) is 0 Å². The van der Waals surface area contributed by atoms with Crippen LogP contribution >= 0.6 is 0 Å². The largest absolute Gasteiger partial charge is 0.425 e. The molecule has 1 aliphatic rings. The number of aliphatic hydroxyl groups excluding tert-OH is 2. The van der Waals surface area contributed by atoms with Gasteiger partial charge in [-0.05, 0) is 42.5 Å². The van der Waals surface area contributed by atoms with Crippen molar-refractivity contribution in [1.82, 2.24) is 10.6 Å². The molecule has 4 N–H and O–H groups in total. The predicted molar refractivity (Wildman–Crippen MR) is 128 cm³/mol. The van der Waals surface area contributed by atoms with Gasteiger partial charge in [0.05, 0.1) is 13.2 Å². The Balaban J connectivity index is 1.52. The predicted octanol–water partition coefficient (Wildman–Crippen LogP) is 1.10. The second-order valence-electron chi connectivity index (χ2n) is 8.78. The van der Waals surface area contributed by atoms with Gasteiger partial charge in [-0.2, -0.15) is 0 Å². The molecule has 0 aromatic heterocycles. The molecule has 2 amide bonds. The van der Waals surface area contributed by atoms with Crippen LogP contribution in [0.3, 0.4) is 0 Å². The minimum Gasteiger partial charge on any atom is -0.425 e. The molecule has 2 atom stereocenters. The summed E-state index contributed by atoms with van der Waals surface area (Å²) >= 11 is 0. The van der Waals surface area contributed by atoms with Gasteiger partial charge in [0.15, 0.2) is 12.1 Å². The molecule has 192 valence electrons. The number of aliphatic hydroxyl groups is 2. The van der Waals surface area contributed by atoms with Gasteiger partial charge < -0.3 is 30.3 Å². The van der Waals surface area contributed by atoms with Crippen molar-refractivity contribution in [1.29, 1.82) is 0 Å². The zero-order valence-electron chi connectivity index (χ0n) is 19.7. The zero-order valence-corrected chi connectivity index (χ0v) is 19.7. The number of carbonyl (C=O) groups is 4. The summed E-state index contributed by atoms with van der Waals surface area (Å²) in [6.07, 6.45) is 1.93. The molecule has 0 heterocycles. The summed E-state index contributed by atoms with van der Waals surface area (Å²) in [5.74, 6) is -2.05. The van der Waals surface area contributed by atoms with Crippen LogP contribution in [0.4, 0.5) is 0 Å². The van der Waals surface area contributed by atoms with Crippen molar-refractivity contribution in [3.05, 3.63) is 60.7 Å². The molecule has 1 saturated carbocycles. The normalized spacial score (nSPS) is 15.5. The Hall–Kier alpha value is -3.76. The standard InChI is InChI=1S/C26H30N2O8/c29-16-20(24(33)35-18-8-3-1-4-9-18)27-22(31)14-26(12-7-13-26)15-23(32)28-21(17-30)25(34)36-19-10-5-2-6-11-19/h1-6,8-11,20-21,29-30H,7,12-17H2,(H,27,31)(H,28,32)/t20-,21-/m1/s1. The van der Waals surface area contributed by atoms with Crippen molar-refractivity contribution in [3.63, 3.8) is 0 Å². The summed E-state index contributed by atoms with van der Waals surface area (Å²) in [6, 6.07) is 14.0. The number of ether oxygens (including phenoxy) is 2. The maximum Gasteiger partial charge on any atom is 0.336 e. The maximum absolute atomic E-state index is 12.7. The van der Waals surface area contributed by atoms with E-state index in [1.165, 1.54) is 0 Å². The Morgan fingerprint density at radius 2 is 1.11 bits per heavy atom. The summed E-state index contributed by atoms with van der Waals surface area (Å²) in [5.41, 5.74) is -0.652. The Kier molecular flexibility index (Phi) is 9.54. The minimum atomic E-state index is -1.25. The van der Waals surface area contributed by atoms with Gasteiger partial charge in [-0.3, -0.25) is 9.59 Å². The van der Waals surface area contributed by atoms with E-state index in [1.807, 2.05) is 0 Å². The van der Waals surface area contributed by atoms with Gasteiger partial charge in [-0.15, -0.1) is 0 Å². The Bertz CT molecular complexity index is 961. The average molecular weight is 499 g/mol. The monoisotopic (exact) mass is 498 g/mol. The van der Waals surface area contributed by atoms with Gasteiger partial charge in [0.25, 0.3) is 0 Å². The molecule has 36 heavy (non-hydrogen) atoms. The zero-order chi connectivity index (χ0) is 26.0. The Morgan fingerprint density at radius 1 is 0.722 bits per heavy atom. The van der Waals surface area contributed by atoms with Gasteiger partial charge in [-0.1, -0.05) is 42.8 Å². The smallest absolute Gasteiger partial charge is 0.336 e. The van der Waals surface area contributed by atoms with Crippen molar-refractivity contribution in [2.45, 2.75) is 44.2 Å². The molecule has 1 fully saturated rings. The van der Waals surface area contributed by atoms with Gasteiger partial charge >= 0.3 is 11.9 Å². The number of amides is 2. The van der Waals surface area contributed by atoms with Gasteiger partial charge in [0.1, 0.15) is 11.5 Å². The number of nitrogens with one attached hydrogen (secondary N) is 2. The molecule has 0 bridgehead atoms. The SMILES string of the molecule is O=C(CC1(CC(=O)N[C@H](CO)C(=O)Oc2ccccc2)CCC1)N[C@H](CO)C(=O)Oc1ccccc1. The van der Waals surface area contributed by atoms with Crippen molar-refractivity contribution in [2.24, 2.45) is 5.41 Å². The molecule has 0 spiro atoms. The lowest BCUT2D eigenvalue weighted by Gasteiger charge is -2.41. The van der Waals surface area contributed by atoms with Crippen molar-refractivity contribution in [2.75, 3.05) is 13.2 Å². The van der Waals surface area contributed by atoms with E-state index in [4.69, 9.17) is 9.47 Å². The first-order valence-corrected chi connectivity index (χ1v) is 11.7. The van der Waals surface area contributed by atoms with Crippen LogP contribution in [0.2, 0.25) is 0 Å². The van der Waals surface area contributed by atoms with Gasteiger partial charge in [-0.25, -0.2) is 9.59 Å². The van der Waals surface area contributed by atoms with E-state index in [2.05, 4.69) is 10.6 Å². The third-order valence-electron chi connectivity index (χ3n) is 6.01. The van der Waals surface area contributed by atoms with E-state index in [0.717, 1.165) is 6.42 Å². The van der Waals surface area contributed by atoms with Crippen LogP contribution in [0.5, 0.6) is 11.5 Å². The first-order valence-electron chi connectivity index (χ1n) is 11.7. The molecule has 0 aliphatic heterocycles. The van der Waals surface area contributed by atoms with Crippen LogP contribution < -0.4 is 20.1 Å². The lowest BCUT2D eigenvalue weighted by Crippen LogP contribution is -2.50. The van der Waals surface area contributed by atoms with Crippen LogP contribution in [-0.4, -0.2) is 59.3 Å². The van der Waals surface area contributed by atoms with E-state index in [-0.39, 0.29) is 24.3 Å². The topological polar surface area (TPSA) is 151 Å². The molecule has 10 nitrogen and oxygen atoms in total. The van der Waals surface area contributed by atoms with Crippen LogP contribution in [0, 0.1) is 5.41 Å². The van der Waals surface area contributed by atoms with Gasteiger partial charge in [0.2, 0.25) is 11.8 Å². The number of para-hydroxylation sites is 2. The van der Waals surface area contributed by atoms with E-state index in [1.54, 1.807) is 60.7 Å². The van der Waals surface area contributed by atoms with Crippen molar-refractivity contribution in [3.8, 4) is 11.5 Å². The van der Waals surface area contributed by atoms with E-state index < -0.39 is 54.5 Å². The summed E-state index contributed by atoms with van der Waals surface area (Å²) in [4.78, 5) is 50.0. The summed E-state index contributed by atoms with van der Waals surface area (Å²) in [5, 5.41) is 24.1. The third kappa shape index (κ3) is 7.62. The molecule has 2 aromatic carbocycles. The fraction of sp³-hybridized carbons (Fsp3) is 0.385. The van der Waals surface area contributed by atoms with Crippen LogP contribution in [-0.2, 0) is 19.2 Å². The highest BCUT2D eigenvalue weighted by molar-refractivity contribution is 5.88. The van der Waals surface area contributed by atoms with Crippen LogP contribution in [0.15, 0.2) is 60.7 Å². The maximum atomic E-state index is 12.7. The Labute approximate surface area is 208 Å². The molecule has 0 saturated heterocycles. The first-order chi connectivity index (χ1) is 17.3. The number of benzene rings is 2. The molecular formula is C26H30N2O8. The highest BCUT2D eigenvalue weighted by Gasteiger charge is 2.42. The summed E-state index contributed by atoms with van der Waals surface area (Å²) in [6.45, 7) is -1.29. The number of hydrogen-bond acceptors (Lipinski definition) is 8. The average Bonchev–Trinajstić information content (AvgIpc) is 2.85. The van der Waals surface area contributed by atoms with Gasteiger partial charge in [0, 0.05) is 12.8 Å². The lowest BCUT2D eigenvalue weighted by atomic mass is 9.64. The third-order valence-corrected chi connectivity index (χ3v) is 6.01. The first kappa shape index (κ1) is 26.8. The highest BCUT2D eigenvalue weighted by Crippen LogP contribution is 2.46. The Morgan fingerprint density at radius 3 is 1.42 bits per heavy atom. The molecule has 2 aromatic rings. The summed E-state index contributed by atoms with van der Waals surface area (Å²) in [7, 11) is 0. The number of hydrogen-bond donors (Lipinski definition) is 4. The second kappa shape index (κ2) is 12.8. The van der Waals surface area contributed by atoms with Crippen LogP contribution in [0.1, 0.15) is 32.1 Å². The second-order valence-corrected chi connectivity index (χ2v) is 8.78. The molecule has 0 unspecified atom stereocenters. The lowest BCUT2D eigenvalue weighted by molar-refractivity contribution is -0.142. The highest BCUT2D eigenvalue weighted by atomic mass is 16.5. The number of rotatable bonds is 12.